The standard InChI is InChI=1S/C13H20N4O/c1-10-5-12(18-16-10)8-14-6-11-7-15-17(9-11)13(2,3)4/h5,7,9,14H,6,8H2,1-4H3. The first kappa shape index (κ1) is 12.8. The monoisotopic (exact) mass is 248 g/mol. The highest BCUT2D eigenvalue weighted by atomic mass is 16.5. The summed E-state index contributed by atoms with van der Waals surface area (Å²) < 4.78 is 7.10. The van der Waals surface area contributed by atoms with Crippen molar-refractivity contribution >= 4 is 0 Å². The lowest BCUT2D eigenvalue weighted by molar-refractivity contribution is 0.355. The largest absolute Gasteiger partial charge is 0.360 e. The summed E-state index contributed by atoms with van der Waals surface area (Å²) in [7, 11) is 0. The smallest absolute Gasteiger partial charge is 0.150 e. The summed E-state index contributed by atoms with van der Waals surface area (Å²) in [6, 6.07) is 1.94. The molecule has 98 valence electrons. The van der Waals surface area contributed by atoms with E-state index < -0.39 is 0 Å². The normalized spacial score (nSPS) is 12.0. The van der Waals surface area contributed by atoms with Crippen molar-refractivity contribution in [2.24, 2.45) is 0 Å². The van der Waals surface area contributed by atoms with Crippen LogP contribution in [0.5, 0.6) is 0 Å². The van der Waals surface area contributed by atoms with E-state index in [0.717, 1.165) is 18.0 Å². The number of nitrogens with one attached hydrogen (secondary N) is 1. The van der Waals surface area contributed by atoms with Gasteiger partial charge in [0.25, 0.3) is 0 Å². The average Bonchev–Trinajstić information content (AvgIpc) is 2.87. The molecule has 0 fully saturated rings. The lowest BCUT2D eigenvalue weighted by atomic mass is 10.1. The Morgan fingerprint density at radius 3 is 2.67 bits per heavy atom. The lowest BCUT2D eigenvalue weighted by Crippen LogP contribution is -2.22. The van der Waals surface area contributed by atoms with E-state index in [2.05, 4.69) is 42.5 Å². The molecule has 0 aliphatic heterocycles. The molecule has 5 heteroatoms. The number of rotatable bonds is 4. The average molecular weight is 248 g/mol. The third kappa shape index (κ3) is 3.20. The Kier molecular flexibility index (Phi) is 3.52. The van der Waals surface area contributed by atoms with Gasteiger partial charge in [0.2, 0.25) is 0 Å². The van der Waals surface area contributed by atoms with E-state index >= 15 is 0 Å². The molecule has 0 bridgehead atoms. The van der Waals surface area contributed by atoms with Crippen LogP contribution in [0.15, 0.2) is 23.0 Å². The molecule has 0 radical (unpaired) electrons. The Morgan fingerprint density at radius 1 is 1.33 bits per heavy atom. The van der Waals surface area contributed by atoms with Gasteiger partial charge in [-0.25, -0.2) is 0 Å². The zero-order valence-corrected chi connectivity index (χ0v) is 11.4. The predicted octanol–water partition coefficient (Wildman–Crippen LogP) is 2.22. The van der Waals surface area contributed by atoms with Gasteiger partial charge in [0, 0.05) is 24.4 Å². The highest BCUT2D eigenvalue weighted by Crippen LogP contribution is 2.13. The van der Waals surface area contributed by atoms with Gasteiger partial charge in [0.05, 0.1) is 24.0 Å². The second-order valence-electron chi connectivity index (χ2n) is 5.50. The zero-order valence-electron chi connectivity index (χ0n) is 11.4. The molecule has 0 amide bonds. The summed E-state index contributed by atoms with van der Waals surface area (Å²) in [5.41, 5.74) is 2.11. The van der Waals surface area contributed by atoms with Crippen molar-refractivity contribution in [2.45, 2.75) is 46.3 Å². The van der Waals surface area contributed by atoms with E-state index in [-0.39, 0.29) is 5.54 Å². The van der Waals surface area contributed by atoms with Gasteiger partial charge in [-0.1, -0.05) is 5.16 Å². The van der Waals surface area contributed by atoms with Crippen molar-refractivity contribution in [1.82, 2.24) is 20.3 Å². The summed E-state index contributed by atoms with van der Waals surface area (Å²) in [6.07, 6.45) is 3.96. The number of nitrogens with zero attached hydrogens (tertiary/aromatic N) is 3. The first-order chi connectivity index (χ1) is 8.45. The van der Waals surface area contributed by atoms with Gasteiger partial charge in [-0.2, -0.15) is 5.10 Å². The van der Waals surface area contributed by atoms with Crippen molar-refractivity contribution in [3.05, 3.63) is 35.5 Å². The summed E-state index contributed by atoms with van der Waals surface area (Å²) in [4.78, 5) is 0. The van der Waals surface area contributed by atoms with Crippen LogP contribution < -0.4 is 5.32 Å². The highest BCUT2D eigenvalue weighted by molar-refractivity contribution is 5.06. The third-order valence-corrected chi connectivity index (χ3v) is 2.63. The maximum atomic E-state index is 5.13. The van der Waals surface area contributed by atoms with Crippen LogP contribution in [0.2, 0.25) is 0 Å². The molecule has 0 unspecified atom stereocenters. The van der Waals surface area contributed by atoms with Crippen LogP contribution in [0.25, 0.3) is 0 Å². The number of aryl methyl sites for hydroxylation is 1. The molecule has 1 N–H and O–H groups in total. The Hall–Kier alpha value is -1.62. The van der Waals surface area contributed by atoms with Crippen LogP contribution in [-0.2, 0) is 18.6 Å². The zero-order chi connectivity index (χ0) is 13.2. The number of hydrogen-bond donors (Lipinski definition) is 1. The minimum atomic E-state index is 0.0281. The highest BCUT2D eigenvalue weighted by Gasteiger charge is 2.13. The molecule has 0 spiro atoms. The van der Waals surface area contributed by atoms with Crippen molar-refractivity contribution in [3.8, 4) is 0 Å². The van der Waals surface area contributed by atoms with E-state index in [1.807, 2.05) is 23.9 Å². The molecule has 0 saturated heterocycles. The molecule has 0 aliphatic rings. The van der Waals surface area contributed by atoms with Gasteiger partial charge in [-0.15, -0.1) is 0 Å². The molecule has 0 aromatic carbocycles. The van der Waals surface area contributed by atoms with E-state index in [0.29, 0.717) is 6.54 Å². The molecule has 2 rings (SSSR count). The lowest BCUT2D eigenvalue weighted by Gasteiger charge is -2.18. The third-order valence-electron chi connectivity index (χ3n) is 2.63. The molecular formula is C13H20N4O. The van der Waals surface area contributed by atoms with Gasteiger partial charge < -0.3 is 9.84 Å². The quantitative estimate of drug-likeness (QED) is 0.901. The predicted molar refractivity (Wildman–Crippen MR) is 69.0 cm³/mol. The van der Waals surface area contributed by atoms with Gasteiger partial charge in [0.1, 0.15) is 0 Å². The van der Waals surface area contributed by atoms with Crippen molar-refractivity contribution in [1.29, 1.82) is 0 Å². The molecule has 2 aromatic rings. The fourth-order valence-electron chi connectivity index (χ4n) is 1.65. The Bertz CT molecular complexity index is 507. The summed E-state index contributed by atoms with van der Waals surface area (Å²) >= 11 is 0. The molecule has 0 saturated carbocycles. The Morgan fingerprint density at radius 2 is 2.11 bits per heavy atom. The van der Waals surface area contributed by atoms with Gasteiger partial charge >= 0.3 is 0 Å². The minimum absolute atomic E-state index is 0.0281. The second-order valence-corrected chi connectivity index (χ2v) is 5.50. The van der Waals surface area contributed by atoms with Crippen molar-refractivity contribution in [3.63, 3.8) is 0 Å². The van der Waals surface area contributed by atoms with E-state index in [1.54, 1.807) is 0 Å². The molecule has 5 nitrogen and oxygen atoms in total. The van der Waals surface area contributed by atoms with E-state index in [4.69, 9.17) is 4.52 Å². The fourth-order valence-corrected chi connectivity index (χ4v) is 1.65. The summed E-state index contributed by atoms with van der Waals surface area (Å²) in [5, 5.41) is 11.5. The van der Waals surface area contributed by atoms with Gasteiger partial charge in [-0.3, -0.25) is 4.68 Å². The first-order valence-electron chi connectivity index (χ1n) is 6.12. The number of aromatic nitrogens is 3. The summed E-state index contributed by atoms with van der Waals surface area (Å²) in [6.45, 7) is 9.77. The summed E-state index contributed by atoms with van der Waals surface area (Å²) in [5.74, 6) is 0.857. The van der Waals surface area contributed by atoms with E-state index in [9.17, 15) is 0 Å². The second kappa shape index (κ2) is 4.94. The minimum Gasteiger partial charge on any atom is -0.360 e. The van der Waals surface area contributed by atoms with Crippen LogP contribution in [0, 0.1) is 6.92 Å². The Labute approximate surface area is 107 Å². The van der Waals surface area contributed by atoms with E-state index in [1.165, 1.54) is 5.56 Å². The molecular weight excluding hydrogens is 228 g/mol. The molecule has 2 heterocycles. The van der Waals surface area contributed by atoms with Gasteiger partial charge in [0.15, 0.2) is 5.76 Å². The van der Waals surface area contributed by atoms with Crippen LogP contribution in [0.3, 0.4) is 0 Å². The fraction of sp³-hybridized carbons (Fsp3) is 0.538. The molecule has 0 aliphatic carbocycles. The van der Waals surface area contributed by atoms with Gasteiger partial charge in [-0.05, 0) is 27.7 Å². The first-order valence-corrected chi connectivity index (χ1v) is 6.12. The maximum Gasteiger partial charge on any atom is 0.150 e. The maximum absolute atomic E-state index is 5.13. The molecule has 2 aromatic heterocycles. The topological polar surface area (TPSA) is 55.9 Å². The van der Waals surface area contributed by atoms with Crippen LogP contribution >= 0.6 is 0 Å². The number of hydrogen-bond acceptors (Lipinski definition) is 4. The van der Waals surface area contributed by atoms with Crippen LogP contribution in [-0.4, -0.2) is 14.9 Å². The van der Waals surface area contributed by atoms with Crippen molar-refractivity contribution < 1.29 is 4.52 Å². The van der Waals surface area contributed by atoms with Crippen LogP contribution in [0.1, 0.15) is 37.8 Å². The molecule has 0 atom stereocenters. The van der Waals surface area contributed by atoms with Crippen molar-refractivity contribution in [2.75, 3.05) is 0 Å². The molecule has 18 heavy (non-hydrogen) atoms. The van der Waals surface area contributed by atoms with Crippen LogP contribution in [0.4, 0.5) is 0 Å². The Balaban J connectivity index is 1.85. The SMILES string of the molecule is Cc1cc(CNCc2cnn(C(C)(C)C)c2)on1.